The Balaban J connectivity index is 2.73. The van der Waals surface area contributed by atoms with Crippen LogP contribution < -0.4 is 4.74 Å². The lowest BCUT2D eigenvalue weighted by Gasteiger charge is -2.05. The Bertz CT molecular complexity index is 396. The Labute approximate surface area is 99.3 Å². The number of rotatable bonds is 4. The molecule has 0 N–H and O–H groups in total. The van der Waals surface area contributed by atoms with Gasteiger partial charge in [-0.1, -0.05) is 11.8 Å². The van der Waals surface area contributed by atoms with E-state index >= 15 is 0 Å². The maximum Gasteiger partial charge on any atom is 0.128 e. The van der Waals surface area contributed by atoms with Gasteiger partial charge in [-0.25, -0.2) is 4.39 Å². The number of halogens is 2. The molecular formula is C12H12ClFO2. The summed E-state index contributed by atoms with van der Waals surface area (Å²) in [5, 5.41) is 0. The Hall–Kier alpha value is -1.24. The zero-order valence-corrected chi connectivity index (χ0v) is 9.68. The van der Waals surface area contributed by atoms with Gasteiger partial charge in [0.2, 0.25) is 0 Å². The highest BCUT2D eigenvalue weighted by atomic mass is 35.5. The molecule has 2 nitrogen and oxygen atoms in total. The SMILES string of the molecule is COCCOc1cc(F)cc(C#CCCl)c1. The topological polar surface area (TPSA) is 18.5 Å². The van der Waals surface area contributed by atoms with Gasteiger partial charge in [-0.3, -0.25) is 0 Å². The normalized spacial score (nSPS) is 9.44. The van der Waals surface area contributed by atoms with Gasteiger partial charge in [0.15, 0.2) is 0 Å². The zero-order valence-electron chi connectivity index (χ0n) is 8.93. The van der Waals surface area contributed by atoms with Gasteiger partial charge in [-0.2, -0.15) is 0 Å². The van der Waals surface area contributed by atoms with Crippen molar-refractivity contribution in [1.29, 1.82) is 0 Å². The van der Waals surface area contributed by atoms with Crippen molar-refractivity contribution in [2.75, 3.05) is 26.2 Å². The summed E-state index contributed by atoms with van der Waals surface area (Å²) in [5.41, 5.74) is 0.549. The van der Waals surface area contributed by atoms with Crippen LogP contribution in [0.1, 0.15) is 5.56 Å². The molecule has 0 heterocycles. The second kappa shape index (κ2) is 7.10. The lowest BCUT2D eigenvalue weighted by Crippen LogP contribution is -2.04. The third-order valence-electron chi connectivity index (χ3n) is 1.73. The summed E-state index contributed by atoms with van der Waals surface area (Å²) < 4.78 is 23.3. The van der Waals surface area contributed by atoms with Crippen molar-refractivity contribution in [3.05, 3.63) is 29.6 Å². The molecule has 0 aromatic heterocycles. The van der Waals surface area contributed by atoms with Crippen LogP contribution in [0.25, 0.3) is 0 Å². The van der Waals surface area contributed by atoms with E-state index in [0.717, 1.165) is 0 Å². The van der Waals surface area contributed by atoms with E-state index in [1.165, 1.54) is 12.1 Å². The molecule has 0 amide bonds. The molecule has 1 aromatic carbocycles. The lowest BCUT2D eigenvalue weighted by molar-refractivity contribution is 0.146. The highest BCUT2D eigenvalue weighted by molar-refractivity contribution is 6.19. The monoisotopic (exact) mass is 242 g/mol. The Morgan fingerprint density at radius 2 is 2.12 bits per heavy atom. The van der Waals surface area contributed by atoms with Crippen molar-refractivity contribution in [2.45, 2.75) is 0 Å². The number of benzene rings is 1. The van der Waals surface area contributed by atoms with Gasteiger partial charge in [0, 0.05) is 18.7 Å². The van der Waals surface area contributed by atoms with E-state index in [-0.39, 0.29) is 11.7 Å². The fraction of sp³-hybridized carbons (Fsp3) is 0.333. The third-order valence-corrected chi connectivity index (χ3v) is 1.86. The van der Waals surface area contributed by atoms with E-state index in [2.05, 4.69) is 11.8 Å². The molecule has 16 heavy (non-hydrogen) atoms. The smallest absolute Gasteiger partial charge is 0.128 e. The second-order valence-corrected chi connectivity index (χ2v) is 3.22. The largest absolute Gasteiger partial charge is 0.491 e. The minimum absolute atomic E-state index is 0.219. The molecular weight excluding hydrogens is 231 g/mol. The second-order valence-electron chi connectivity index (χ2n) is 2.95. The zero-order chi connectivity index (χ0) is 11.8. The van der Waals surface area contributed by atoms with Crippen LogP contribution in [0.3, 0.4) is 0 Å². The predicted octanol–water partition coefficient (Wildman–Crippen LogP) is 2.44. The maximum atomic E-state index is 13.2. The third kappa shape index (κ3) is 4.52. The van der Waals surface area contributed by atoms with E-state index in [1.807, 2.05) is 0 Å². The molecule has 0 aliphatic rings. The molecule has 0 aliphatic heterocycles. The molecule has 0 saturated carbocycles. The predicted molar refractivity (Wildman–Crippen MR) is 61.4 cm³/mol. The quantitative estimate of drug-likeness (QED) is 0.459. The standard InChI is InChI=1S/C12H12ClFO2/c1-15-5-6-16-12-8-10(3-2-4-13)7-11(14)9-12/h7-9H,4-6H2,1H3. The Morgan fingerprint density at radius 3 is 2.81 bits per heavy atom. The van der Waals surface area contributed by atoms with Gasteiger partial charge in [-0.05, 0) is 12.1 Å². The van der Waals surface area contributed by atoms with Crippen molar-refractivity contribution in [3.63, 3.8) is 0 Å². The summed E-state index contributed by atoms with van der Waals surface area (Å²) in [6, 6.07) is 4.31. The molecule has 86 valence electrons. The molecule has 4 heteroatoms. The molecule has 0 saturated heterocycles. The van der Waals surface area contributed by atoms with Crippen molar-refractivity contribution >= 4 is 11.6 Å². The number of methoxy groups -OCH3 is 1. The van der Waals surface area contributed by atoms with Crippen LogP contribution >= 0.6 is 11.6 Å². The Kier molecular flexibility index (Phi) is 5.69. The first-order valence-corrected chi connectivity index (χ1v) is 5.27. The van der Waals surface area contributed by atoms with E-state index in [9.17, 15) is 4.39 Å². The van der Waals surface area contributed by atoms with Crippen LogP contribution in [0.5, 0.6) is 5.75 Å². The van der Waals surface area contributed by atoms with Gasteiger partial charge in [0.1, 0.15) is 18.2 Å². The minimum atomic E-state index is -0.381. The van der Waals surface area contributed by atoms with Gasteiger partial charge in [0.05, 0.1) is 12.5 Å². The van der Waals surface area contributed by atoms with E-state index in [4.69, 9.17) is 21.1 Å². The lowest BCUT2D eigenvalue weighted by atomic mass is 10.2. The first kappa shape index (κ1) is 12.8. The fourth-order valence-electron chi connectivity index (χ4n) is 1.10. The minimum Gasteiger partial charge on any atom is -0.491 e. The summed E-state index contributed by atoms with van der Waals surface area (Å²) in [6.07, 6.45) is 0. The van der Waals surface area contributed by atoms with Crippen molar-refractivity contribution < 1.29 is 13.9 Å². The van der Waals surface area contributed by atoms with Gasteiger partial charge >= 0.3 is 0 Å². The van der Waals surface area contributed by atoms with Gasteiger partial charge < -0.3 is 9.47 Å². The Morgan fingerprint density at radius 1 is 1.31 bits per heavy atom. The van der Waals surface area contributed by atoms with Crippen LogP contribution in [0, 0.1) is 17.7 Å². The number of ether oxygens (including phenoxy) is 2. The molecule has 0 spiro atoms. The average Bonchev–Trinajstić information content (AvgIpc) is 2.26. The van der Waals surface area contributed by atoms with Crippen molar-refractivity contribution in [2.24, 2.45) is 0 Å². The van der Waals surface area contributed by atoms with E-state index in [0.29, 0.717) is 24.5 Å². The van der Waals surface area contributed by atoms with Gasteiger partial charge in [-0.15, -0.1) is 11.6 Å². The summed E-state index contributed by atoms with van der Waals surface area (Å²) in [6.45, 7) is 0.835. The van der Waals surface area contributed by atoms with Crippen LogP contribution in [0.2, 0.25) is 0 Å². The fourth-order valence-corrected chi connectivity index (χ4v) is 1.16. The summed E-state index contributed by atoms with van der Waals surface area (Å²) in [7, 11) is 1.58. The molecule has 0 fully saturated rings. The van der Waals surface area contributed by atoms with Crippen LogP contribution in [0.15, 0.2) is 18.2 Å². The van der Waals surface area contributed by atoms with E-state index in [1.54, 1.807) is 13.2 Å². The summed E-state index contributed by atoms with van der Waals surface area (Å²) in [4.78, 5) is 0. The van der Waals surface area contributed by atoms with Crippen molar-refractivity contribution in [1.82, 2.24) is 0 Å². The molecule has 1 aromatic rings. The van der Waals surface area contributed by atoms with Gasteiger partial charge in [0.25, 0.3) is 0 Å². The van der Waals surface area contributed by atoms with Crippen LogP contribution in [-0.4, -0.2) is 26.2 Å². The molecule has 0 aliphatic carbocycles. The first-order chi connectivity index (χ1) is 7.76. The number of hydrogen-bond acceptors (Lipinski definition) is 2. The molecule has 1 rings (SSSR count). The van der Waals surface area contributed by atoms with E-state index < -0.39 is 0 Å². The summed E-state index contributed by atoms with van der Waals surface area (Å²) >= 11 is 5.42. The highest BCUT2D eigenvalue weighted by Crippen LogP contribution is 2.15. The van der Waals surface area contributed by atoms with Crippen molar-refractivity contribution in [3.8, 4) is 17.6 Å². The molecule has 0 atom stereocenters. The highest BCUT2D eigenvalue weighted by Gasteiger charge is 2.00. The molecule has 0 bridgehead atoms. The van der Waals surface area contributed by atoms with Crippen LogP contribution in [0.4, 0.5) is 4.39 Å². The average molecular weight is 243 g/mol. The molecule has 0 unspecified atom stereocenters. The number of hydrogen-bond donors (Lipinski definition) is 0. The summed E-state index contributed by atoms with van der Waals surface area (Å²) in [5.74, 6) is 5.67. The first-order valence-electron chi connectivity index (χ1n) is 4.73. The number of alkyl halides is 1. The maximum absolute atomic E-state index is 13.2. The van der Waals surface area contributed by atoms with Crippen LogP contribution in [-0.2, 0) is 4.74 Å². The molecule has 0 radical (unpaired) electrons.